The predicted molar refractivity (Wildman–Crippen MR) is 91.2 cm³/mol. The first-order valence-corrected chi connectivity index (χ1v) is 7.57. The second-order valence-electron chi connectivity index (χ2n) is 4.96. The second kappa shape index (κ2) is 11.5. The molecule has 2 atom stereocenters. The minimum Gasteiger partial charge on any atom is -0.490 e. The van der Waals surface area contributed by atoms with Gasteiger partial charge in [-0.1, -0.05) is 36.4 Å². The van der Waals surface area contributed by atoms with Crippen LogP contribution in [-0.4, -0.2) is 57.8 Å². The van der Waals surface area contributed by atoms with Crippen molar-refractivity contribution in [3.8, 4) is 11.5 Å². The molecule has 8 heteroatoms. The van der Waals surface area contributed by atoms with Crippen LogP contribution >= 0.6 is 0 Å². The van der Waals surface area contributed by atoms with Crippen molar-refractivity contribution in [1.82, 2.24) is 0 Å². The summed E-state index contributed by atoms with van der Waals surface area (Å²) < 4.78 is 10.00. The highest BCUT2D eigenvalue weighted by molar-refractivity contribution is 5.72. The van der Waals surface area contributed by atoms with Crippen LogP contribution in [0.2, 0.25) is 0 Å². The Morgan fingerprint density at radius 2 is 1.00 bits per heavy atom. The summed E-state index contributed by atoms with van der Waals surface area (Å²) in [6.45, 7) is -0.474. The van der Waals surface area contributed by atoms with Gasteiger partial charge in [-0.2, -0.15) is 0 Å². The third kappa shape index (κ3) is 8.67. The maximum atomic E-state index is 10.2. The van der Waals surface area contributed by atoms with Gasteiger partial charge in [0, 0.05) is 0 Å². The lowest BCUT2D eigenvalue weighted by atomic mass is 10.3. The first kappa shape index (κ1) is 20.9. The Morgan fingerprint density at radius 1 is 0.692 bits per heavy atom. The van der Waals surface area contributed by atoms with Crippen LogP contribution in [0, 0.1) is 0 Å². The van der Waals surface area contributed by atoms with E-state index in [4.69, 9.17) is 29.9 Å². The van der Waals surface area contributed by atoms with E-state index in [2.05, 4.69) is 0 Å². The molecule has 0 saturated heterocycles. The molecule has 8 nitrogen and oxygen atoms in total. The number of aliphatic hydroxyl groups is 2. The molecule has 0 aliphatic carbocycles. The van der Waals surface area contributed by atoms with E-state index in [1.165, 1.54) is 0 Å². The van der Waals surface area contributed by atoms with Gasteiger partial charge in [0.15, 0.2) is 12.2 Å². The number of aliphatic hydroxyl groups excluding tert-OH is 2. The van der Waals surface area contributed by atoms with Crippen molar-refractivity contribution in [2.45, 2.75) is 12.2 Å². The summed E-state index contributed by atoms with van der Waals surface area (Å²) >= 11 is 0. The number of hydrogen-bond acceptors (Lipinski definition) is 6. The molecule has 0 spiro atoms. The topological polar surface area (TPSA) is 134 Å². The molecule has 0 amide bonds. The summed E-state index contributed by atoms with van der Waals surface area (Å²) in [6, 6.07) is 17.5. The van der Waals surface area contributed by atoms with Crippen LogP contribution in [0.25, 0.3) is 0 Å². The molecule has 0 bridgehead atoms. The number of hydrogen-bond donors (Lipinski definition) is 4. The summed E-state index contributed by atoms with van der Waals surface area (Å²) in [7, 11) is 0. The molecule has 0 aliphatic heterocycles. The van der Waals surface area contributed by atoms with Crippen molar-refractivity contribution in [1.29, 1.82) is 0 Å². The van der Waals surface area contributed by atoms with Crippen LogP contribution < -0.4 is 9.47 Å². The molecule has 2 aromatic rings. The maximum absolute atomic E-state index is 10.2. The lowest BCUT2D eigenvalue weighted by molar-refractivity contribution is -0.148. The number of rotatable bonds is 8. The highest BCUT2D eigenvalue weighted by Crippen LogP contribution is 2.09. The molecular weight excluding hydrogens is 344 g/mol. The van der Waals surface area contributed by atoms with Gasteiger partial charge in [0.05, 0.1) is 0 Å². The van der Waals surface area contributed by atoms with Gasteiger partial charge in [0.1, 0.15) is 24.7 Å². The zero-order chi connectivity index (χ0) is 19.4. The molecule has 2 aromatic carbocycles. The monoisotopic (exact) mass is 364 g/mol. The van der Waals surface area contributed by atoms with E-state index in [1.807, 2.05) is 12.1 Å². The molecule has 0 radical (unpaired) electrons. The van der Waals surface area contributed by atoms with Gasteiger partial charge in [0.25, 0.3) is 0 Å². The van der Waals surface area contributed by atoms with E-state index in [-0.39, 0.29) is 13.2 Å². The van der Waals surface area contributed by atoms with E-state index in [9.17, 15) is 9.59 Å². The minimum absolute atomic E-state index is 0.237. The Kier molecular flexibility index (Phi) is 9.23. The molecule has 26 heavy (non-hydrogen) atoms. The van der Waals surface area contributed by atoms with Crippen LogP contribution in [0.1, 0.15) is 0 Å². The number of carboxylic acids is 2. The highest BCUT2D eigenvalue weighted by atomic mass is 16.5. The maximum Gasteiger partial charge on any atom is 0.336 e. The molecule has 0 aromatic heterocycles. The smallest absolute Gasteiger partial charge is 0.336 e. The highest BCUT2D eigenvalue weighted by Gasteiger charge is 2.13. The van der Waals surface area contributed by atoms with Gasteiger partial charge in [0.2, 0.25) is 0 Å². The average Bonchev–Trinajstić information content (AvgIpc) is 2.66. The first-order valence-electron chi connectivity index (χ1n) is 7.57. The molecule has 4 N–H and O–H groups in total. The predicted octanol–water partition coefficient (Wildman–Crippen LogP) is 1.02. The second-order valence-corrected chi connectivity index (χ2v) is 4.96. The summed E-state index contributed by atoms with van der Waals surface area (Å²) in [5.74, 6) is -1.47. The number of ether oxygens (including phenoxy) is 2. The van der Waals surface area contributed by atoms with Crippen LogP contribution in [-0.2, 0) is 9.59 Å². The zero-order valence-corrected chi connectivity index (χ0v) is 13.8. The van der Waals surface area contributed by atoms with Gasteiger partial charge >= 0.3 is 11.9 Å². The third-order valence-electron chi connectivity index (χ3n) is 2.87. The van der Waals surface area contributed by atoms with E-state index in [0.29, 0.717) is 11.5 Å². The van der Waals surface area contributed by atoms with Crippen molar-refractivity contribution >= 4 is 11.9 Å². The molecule has 0 fully saturated rings. The van der Waals surface area contributed by atoms with E-state index in [1.54, 1.807) is 48.5 Å². The number of aliphatic carboxylic acids is 2. The number of para-hydroxylation sites is 2. The normalized spacial score (nSPS) is 12.1. The van der Waals surface area contributed by atoms with Crippen LogP contribution in [0.5, 0.6) is 11.5 Å². The molecule has 140 valence electrons. The van der Waals surface area contributed by atoms with Gasteiger partial charge in [-0.05, 0) is 24.3 Å². The Morgan fingerprint density at radius 3 is 1.27 bits per heavy atom. The van der Waals surface area contributed by atoms with E-state index < -0.39 is 24.1 Å². The van der Waals surface area contributed by atoms with Gasteiger partial charge < -0.3 is 29.9 Å². The molecular formula is C18H20O8. The quantitative estimate of drug-likeness (QED) is 0.546. The fraction of sp³-hybridized carbons (Fsp3) is 0.222. The first-order chi connectivity index (χ1) is 12.4. The third-order valence-corrected chi connectivity index (χ3v) is 2.87. The summed E-state index contributed by atoms with van der Waals surface area (Å²) in [4.78, 5) is 20.4. The molecule has 0 aliphatic rings. The van der Waals surface area contributed by atoms with Crippen molar-refractivity contribution in [3.05, 3.63) is 60.7 Å². The molecule has 0 saturated carbocycles. The van der Waals surface area contributed by atoms with Gasteiger partial charge in [-0.25, -0.2) is 9.59 Å². The van der Waals surface area contributed by atoms with Gasteiger partial charge in [-0.3, -0.25) is 0 Å². The van der Waals surface area contributed by atoms with E-state index >= 15 is 0 Å². The Labute approximate surface area is 149 Å². The number of carboxylic acid groups (broad SMARTS) is 2. The standard InChI is InChI=1S/2C9H10O4/c2*10-8(9(11)12)6-13-7-4-2-1-3-5-7/h2*1-5,8,10H,6H2,(H,11,12). The average molecular weight is 364 g/mol. The largest absolute Gasteiger partial charge is 0.490 e. The molecule has 0 heterocycles. The summed E-state index contributed by atoms with van der Waals surface area (Å²) in [5.41, 5.74) is 0. The van der Waals surface area contributed by atoms with Crippen molar-refractivity contribution < 1.29 is 39.5 Å². The Hall–Kier alpha value is -3.10. The van der Waals surface area contributed by atoms with Crippen molar-refractivity contribution in [2.75, 3.05) is 13.2 Å². The van der Waals surface area contributed by atoms with Crippen LogP contribution in [0.3, 0.4) is 0 Å². The SMILES string of the molecule is O=C(O)C(O)COc1ccccc1.O=C(O)C(O)COc1ccccc1. The fourth-order valence-electron chi connectivity index (χ4n) is 1.53. The van der Waals surface area contributed by atoms with Crippen LogP contribution in [0.15, 0.2) is 60.7 Å². The zero-order valence-electron chi connectivity index (χ0n) is 13.8. The van der Waals surface area contributed by atoms with E-state index in [0.717, 1.165) is 0 Å². The van der Waals surface area contributed by atoms with Crippen molar-refractivity contribution in [3.63, 3.8) is 0 Å². The summed E-state index contributed by atoms with van der Waals surface area (Å²) in [5, 5.41) is 34.4. The number of carbonyl (C=O) groups is 2. The Balaban J connectivity index is 0.000000260. The number of benzene rings is 2. The van der Waals surface area contributed by atoms with Gasteiger partial charge in [-0.15, -0.1) is 0 Å². The summed E-state index contributed by atoms with van der Waals surface area (Å²) in [6.07, 6.45) is -2.94. The van der Waals surface area contributed by atoms with Crippen LogP contribution in [0.4, 0.5) is 0 Å². The van der Waals surface area contributed by atoms with Crippen molar-refractivity contribution in [2.24, 2.45) is 0 Å². The molecule has 2 rings (SSSR count). The lowest BCUT2D eigenvalue weighted by Gasteiger charge is -2.07. The molecule has 2 unspecified atom stereocenters. The lowest BCUT2D eigenvalue weighted by Crippen LogP contribution is -2.26. The Bertz CT molecular complexity index is 600. The fourth-order valence-corrected chi connectivity index (χ4v) is 1.53. The minimum atomic E-state index is -1.47.